The lowest BCUT2D eigenvalue weighted by Crippen LogP contribution is -2.55. The van der Waals surface area contributed by atoms with E-state index in [2.05, 4.69) is 5.32 Å². The largest absolute Gasteiger partial charge is 0.342 e. The number of rotatable bonds is 1. The zero-order chi connectivity index (χ0) is 12.3. The third-order valence-corrected chi connectivity index (χ3v) is 3.63. The van der Waals surface area contributed by atoms with Crippen LogP contribution in [0.25, 0.3) is 0 Å². The lowest BCUT2D eigenvalue weighted by Gasteiger charge is -2.34. The van der Waals surface area contributed by atoms with Crippen molar-refractivity contribution in [3.8, 4) is 0 Å². The van der Waals surface area contributed by atoms with E-state index < -0.39 is 0 Å². The number of amides is 2. The second kappa shape index (κ2) is 5.49. The normalized spacial score (nSPS) is 26.9. The smallest absolute Gasteiger partial charge is 0.241 e. The van der Waals surface area contributed by atoms with Crippen LogP contribution in [0.3, 0.4) is 0 Å². The fourth-order valence-corrected chi connectivity index (χ4v) is 2.41. The lowest BCUT2D eigenvalue weighted by atomic mass is 10.1. The molecule has 1 atom stereocenters. The number of carbonyl (C=O) groups is 2. The van der Waals surface area contributed by atoms with Gasteiger partial charge in [0.05, 0.1) is 12.6 Å². The van der Waals surface area contributed by atoms with E-state index in [-0.39, 0.29) is 24.4 Å². The van der Waals surface area contributed by atoms with E-state index in [1.54, 1.807) is 16.8 Å². The molecule has 5 heteroatoms. The van der Waals surface area contributed by atoms with Crippen molar-refractivity contribution in [3.63, 3.8) is 0 Å². The van der Waals surface area contributed by atoms with Crippen LogP contribution in [0, 0.1) is 0 Å². The van der Waals surface area contributed by atoms with Gasteiger partial charge in [-0.25, -0.2) is 0 Å². The van der Waals surface area contributed by atoms with E-state index in [1.165, 1.54) is 6.42 Å². The summed E-state index contributed by atoms with van der Waals surface area (Å²) in [5.41, 5.74) is 0. The maximum Gasteiger partial charge on any atom is 0.241 e. The minimum Gasteiger partial charge on any atom is -0.342 e. The number of piperazine rings is 1. The lowest BCUT2D eigenvalue weighted by molar-refractivity contribution is -0.145. The highest BCUT2D eigenvalue weighted by atomic mass is 16.2. The third-order valence-electron chi connectivity index (χ3n) is 3.63. The first-order valence-corrected chi connectivity index (χ1v) is 6.44. The number of hydrogen-bond donors (Lipinski definition) is 1. The van der Waals surface area contributed by atoms with Crippen molar-refractivity contribution in [3.05, 3.63) is 0 Å². The van der Waals surface area contributed by atoms with Crippen molar-refractivity contribution in [1.29, 1.82) is 0 Å². The quantitative estimate of drug-likeness (QED) is 0.690. The van der Waals surface area contributed by atoms with Gasteiger partial charge < -0.3 is 15.1 Å². The van der Waals surface area contributed by atoms with Crippen molar-refractivity contribution in [2.75, 3.05) is 33.2 Å². The molecule has 2 rings (SSSR count). The van der Waals surface area contributed by atoms with Gasteiger partial charge in [-0.15, -0.1) is 0 Å². The van der Waals surface area contributed by atoms with Gasteiger partial charge in [0.15, 0.2) is 0 Å². The van der Waals surface area contributed by atoms with Crippen molar-refractivity contribution in [2.45, 2.75) is 31.7 Å². The Morgan fingerprint density at radius 2 is 2.12 bits per heavy atom. The molecule has 0 aromatic heterocycles. The summed E-state index contributed by atoms with van der Waals surface area (Å²) in [6.45, 7) is 2.47. The van der Waals surface area contributed by atoms with E-state index in [0.29, 0.717) is 13.1 Å². The minimum absolute atomic E-state index is 0.0400. The molecule has 0 radical (unpaired) electrons. The first-order valence-electron chi connectivity index (χ1n) is 6.44. The van der Waals surface area contributed by atoms with Crippen molar-refractivity contribution >= 4 is 11.8 Å². The molecule has 0 aliphatic carbocycles. The molecule has 2 heterocycles. The van der Waals surface area contributed by atoms with Gasteiger partial charge >= 0.3 is 0 Å². The highest BCUT2D eigenvalue weighted by molar-refractivity contribution is 5.88. The van der Waals surface area contributed by atoms with Crippen molar-refractivity contribution in [2.24, 2.45) is 0 Å². The van der Waals surface area contributed by atoms with Gasteiger partial charge in [-0.05, 0) is 19.4 Å². The number of hydrogen-bond acceptors (Lipinski definition) is 3. The number of nitrogens with one attached hydrogen (secondary N) is 1. The van der Waals surface area contributed by atoms with Crippen LogP contribution in [-0.2, 0) is 9.59 Å². The zero-order valence-corrected chi connectivity index (χ0v) is 10.4. The van der Waals surface area contributed by atoms with Crippen LogP contribution in [0.5, 0.6) is 0 Å². The first kappa shape index (κ1) is 12.4. The second-order valence-corrected chi connectivity index (χ2v) is 4.93. The number of nitrogens with zero attached hydrogens (tertiary/aromatic N) is 2. The van der Waals surface area contributed by atoms with Crippen LogP contribution in [0.4, 0.5) is 0 Å². The number of likely N-dealkylation sites (N-methyl/N-ethyl adjacent to an activating group) is 1. The summed E-state index contributed by atoms with van der Waals surface area (Å²) in [4.78, 5) is 27.2. The summed E-state index contributed by atoms with van der Waals surface area (Å²) < 4.78 is 0. The fourth-order valence-electron chi connectivity index (χ4n) is 2.41. The topological polar surface area (TPSA) is 52.6 Å². The van der Waals surface area contributed by atoms with E-state index in [0.717, 1.165) is 25.8 Å². The molecule has 0 saturated carbocycles. The third kappa shape index (κ3) is 2.97. The van der Waals surface area contributed by atoms with Crippen LogP contribution in [0.15, 0.2) is 0 Å². The first-order chi connectivity index (χ1) is 8.18. The highest BCUT2D eigenvalue weighted by Crippen LogP contribution is 2.12. The van der Waals surface area contributed by atoms with E-state index in [1.807, 2.05) is 0 Å². The molecule has 1 N–H and O–H groups in total. The average molecular weight is 239 g/mol. The Morgan fingerprint density at radius 3 is 2.88 bits per heavy atom. The van der Waals surface area contributed by atoms with Gasteiger partial charge in [-0.2, -0.15) is 0 Å². The molecule has 0 spiro atoms. The van der Waals surface area contributed by atoms with Crippen LogP contribution < -0.4 is 5.32 Å². The molecule has 0 aromatic rings. The van der Waals surface area contributed by atoms with Crippen LogP contribution in [0.1, 0.15) is 25.7 Å². The van der Waals surface area contributed by atoms with Gasteiger partial charge in [0.2, 0.25) is 11.8 Å². The Bertz CT molecular complexity index is 298. The van der Waals surface area contributed by atoms with Gasteiger partial charge in [-0.3, -0.25) is 9.59 Å². The molecule has 2 aliphatic rings. The maximum absolute atomic E-state index is 12.3. The van der Waals surface area contributed by atoms with Gasteiger partial charge in [0, 0.05) is 20.1 Å². The summed E-state index contributed by atoms with van der Waals surface area (Å²) in [7, 11) is 1.79. The maximum atomic E-state index is 12.3. The molecule has 2 aliphatic heterocycles. The summed E-state index contributed by atoms with van der Waals surface area (Å²) in [6.07, 6.45) is 4.34. The van der Waals surface area contributed by atoms with Crippen molar-refractivity contribution in [1.82, 2.24) is 15.1 Å². The molecular weight excluding hydrogens is 218 g/mol. The Kier molecular flexibility index (Phi) is 3.99. The predicted octanol–water partition coefficient (Wildman–Crippen LogP) is -0.181. The number of carbonyl (C=O) groups excluding carboxylic acids is 2. The standard InChI is InChI=1S/C12H21N3O2/c1-14-7-8-15(9-11(14)16)12(17)10-5-3-2-4-6-13-10/h10,13H,2-9H2,1H3. The average Bonchev–Trinajstić information content (AvgIpc) is 2.60. The van der Waals surface area contributed by atoms with Gasteiger partial charge in [0.25, 0.3) is 0 Å². The molecule has 0 aromatic carbocycles. The summed E-state index contributed by atoms with van der Waals surface area (Å²) >= 11 is 0. The van der Waals surface area contributed by atoms with Gasteiger partial charge in [-0.1, -0.05) is 12.8 Å². The highest BCUT2D eigenvalue weighted by Gasteiger charge is 2.29. The molecule has 1 unspecified atom stereocenters. The monoisotopic (exact) mass is 239 g/mol. The Morgan fingerprint density at radius 1 is 1.29 bits per heavy atom. The van der Waals surface area contributed by atoms with Crippen LogP contribution >= 0.6 is 0 Å². The summed E-state index contributed by atoms with van der Waals surface area (Å²) in [5.74, 6) is 0.145. The van der Waals surface area contributed by atoms with Crippen LogP contribution in [0.2, 0.25) is 0 Å². The fraction of sp³-hybridized carbons (Fsp3) is 0.833. The zero-order valence-electron chi connectivity index (χ0n) is 10.4. The van der Waals surface area contributed by atoms with Crippen molar-refractivity contribution < 1.29 is 9.59 Å². The molecule has 17 heavy (non-hydrogen) atoms. The Hall–Kier alpha value is -1.10. The van der Waals surface area contributed by atoms with Crippen LogP contribution in [-0.4, -0.2) is 60.9 Å². The minimum atomic E-state index is -0.0753. The Balaban J connectivity index is 1.92. The molecule has 2 fully saturated rings. The molecule has 2 amide bonds. The predicted molar refractivity (Wildman–Crippen MR) is 64.5 cm³/mol. The van der Waals surface area contributed by atoms with Gasteiger partial charge in [0.1, 0.15) is 0 Å². The molecular formula is C12H21N3O2. The second-order valence-electron chi connectivity index (χ2n) is 4.93. The van der Waals surface area contributed by atoms with E-state index >= 15 is 0 Å². The van der Waals surface area contributed by atoms with E-state index in [9.17, 15) is 9.59 Å². The summed E-state index contributed by atoms with van der Waals surface area (Å²) in [6, 6.07) is -0.0753. The van der Waals surface area contributed by atoms with E-state index in [4.69, 9.17) is 0 Å². The SMILES string of the molecule is CN1CCN(C(=O)C2CCCCCN2)CC1=O. The Labute approximate surface area is 102 Å². The summed E-state index contributed by atoms with van der Waals surface area (Å²) in [5, 5.41) is 3.29. The molecule has 2 saturated heterocycles. The molecule has 0 bridgehead atoms. The molecule has 5 nitrogen and oxygen atoms in total. The molecule has 96 valence electrons.